The fourth-order valence-corrected chi connectivity index (χ4v) is 2.90. The summed E-state index contributed by atoms with van der Waals surface area (Å²) in [6.45, 7) is 4.66. The molecule has 0 saturated carbocycles. The SMILES string of the molecule is CNCC(C)C(=O)NC1CCN(CC(=O)Nc2ccccc2)CC1.Cl.Cl. The molecule has 1 fully saturated rings. The molecule has 0 aliphatic carbocycles. The molecule has 0 spiro atoms. The molecule has 148 valence electrons. The molecular formula is C18H30Cl2N4O2. The quantitative estimate of drug-likeness (QED) is 0.648. The van der Waals surface area contributed by atoms with E-state index in [2.05, 4.69) is 20.9 Å². The van der Waals surface area contributed by atoms with Crippen molar-refractivity contribution in [2.24, 2.45) is 5.92 Å². The van der Waals surface area contributed by atoms with Gasteiger partial charge in [0.1, 0.15) is 0 Å². The van der Waals surface area contributed by atoms with Crippen LogP contribution in [0.15, 0.2) is 30.3 Å². The van der Waals surface area contributed by atoms with Crippen LogP contribution in [-0.2, 0) is 9.59 Å². The van der Waals surface area contributed by atoms with Crippen LogP contribution in [0.3, 0.4) is 0 Å². The summed E-state index contributed by atoms with van der Waals surface area (Å²) in [5, 5.41) is 9.04. The molecule has 0 radical (unpaired) electrons. The molecular weight excluding hydrogens is 375 g/mol. The number of halogens is 2. The minimum Gasteiger partial charge on any atom is -0.353 e. The van der Waals surface area contributed by atoms with Gasteiger partial charge in [-0.3, -0.25) is 14.5 Å². The zero-order valence-corrected chi connectivity index (χ0v) is 17.0. The average Bonchev–Trinajstić information content (AvgIpc) is 2.57. The number of rotatable bonds is 7. The monoisotopic (exact) mass is 404 g/mol. The summed E-state index contributed by atoms with van der Waals surface area (Å²) in [4.78, 5) is 26.2. The molecule has 1 aromatic rings. The molecule has 1 aromatic carbocycles. The first kappa shape index (κ1) is 24.7. The maximum absolute atomic E-state index is 12.1. The van der Waals surface area contributed by atoms with Crippen molar-refractivity contribution < 1.29 is 9.59 Å². The predicted octanol–water partition coefficient (Wildman–Crippen LogP) is 1.90. The van der Waals surface area contributed by atoms with Gasteiger partial charge in [-0.05, 0) is 32.0 Å². The summed E-state index contributed by atoms with van der Waals surface area (Å²) in [7, 11) is 1.85. The number of carbonyl (C=O) groups is 2. The third kappa shape index (κ3) is 8.36. The van der Waals surface area contributed by atoms with Crippen LogP contribution in [0.2, 0.25) is 0 Å². The van der Waals surface area contributed by atoms with E-state index in [9.17, 15) is 9.59 Å². The van der Waals surface area contributed by atoms with Gasteiger partial charge >= 0.3 is 0 Å². The van der Waals surface area contributed by atoms with Gasteiger partial charge < -0.3 is 16.0 Å². The van der Waals surface area contributed by atoms with Crippen molar-refractivity contribution in [3.63, 3.8) is 0 Å². The first-order valence-corrected chi connectivity index (χ1v) is 8.60. The number of para-hydroxylation sites is 1. The highest BCUT2D eigenvalue weighted by Gasteiger charge is 2.23. The molecule has 6 nitrogen and oxygen atoms in total. The van der Waals surface area contributed by atoms with Crippen LogP contribution < -0.4 is 16.0 Å². The van der Waals surface area contributed by atoms with E-state index in [4.69, 9.17) is 0 Å². The molecule has 26 heavy (non-hydrogen) atoms. The van der Waals surface area contributed by atoms with Crippen molar-refractivity contribution in [2.75, 3.05) is 38.5 Å². The van der Waals surface area contributed by atoms with E-state index in [1.54, 1.807) is 0 Å². The van der Waals surface area contributed by atoms with E-state index in [-0.39, 0.29) is 48.6 Å². The third-order valence-electron chi connectivity index (χ3n) is 4.32. The molecule has 0 bridgehead atoms. The Balaban J connectivity index is 0.00000312. The first-order valence-electron chi connectivity index (χ1n) is 8.60. The second kappa shape index (κ2) is 12.9. The van der Waals surface area contributed by atoms with Crippen molar-refractivity contribution in [2.45, 2.75) is 25.8 Å². The summed E-state index contributed by atoms with van der Waals surface area (Å²) >= 11 is 0. The smallest absolute Gasteiger partial charge is 0.238 e. The molecule has 1 saturated heterocycles. The Hall–Kier alpha value is -1.34. The Morgan fingerprint density at radius 3 is 2.35 bits per heavy atom. The molecule has 8 heteroatoms. The second-order valence-electron chi connectivity index (χ2n) is 6.43. The van der Waals surface area contributed by atoms with Gasteiger partial charge in [0, 0.05) is 37.3 Å². The standard InChI is InChI=1S/C18H28N4O2.2ClH/c1-14(12-19-2)18(24)21-16-8-10-22(11-9-16)13-17(23)20-15-6-4-3-5-7-15;;/h3-7,14,16,19H,8-13H2,1-2H3,(H,20,23)(H,21,24);2*1H. The van der Waals surface area contributed by atoms with Crippen molar-refractivity contribution in [3.8, 4) is 0 Å². The number of hydrogen-bond acceptors (Lipinski definition) is 4. The molecule has 1 aliphatic heterocycles. The van der Waals surface area contributed by atoms with Gasteiger partial charge in [0.25, 0.3) is 0 Å². The maximum atomic E-state index is 12.1. The van der Waals surface area contributed by atoms with Gasteiger partial charge in [0.05, 0.1) is 6.54 Å². The van der Waals surface area contributed by atoms with Gasteiger partial charge in [0.2, 0.25) is 11.8 Å². The minimum absolute atomic E-state index is 0. The van der Waals surface area contributed by atoms with Crippen LogP contribution in [-0.4, -0.2) is 56.0 Å². The number of benzene rings is 1. The molecule has 2 rings (SSSR count). The molecule has 1 aliphatic rings. The number of anilines is 1. The predicted molar refractivity (Wildman–Crippen MR) is 110 cm³/mol. The van der Waals surface area contributed by atoms with Gasteiger partial charge in [0.15, 0.2) is 0 Å². The Morgan fingerprint density at radius 1 is 1.15 bits per heavy atom. The molecule has 1 unspecified atom stereocenters. The normalized spacial score (nSPS) is 15.9. The highest BCUT2D eigenvalue weighted by molar-refractivity contribution is 5.92. The van der Waals surface area contributed by atoms with Crippen LogP contribution in [0.25, 0.3) is 0 Å². The number of likely N-dealkylation sites (tertiary alicyclic amines) is 1. The fraction of sp³-hybridized carbons (Fsp3) is 0.556. The number of nitrogens with one attached hydrogen (secondary N) is 3. The van der Waals surface area contributed by atoms with Gasteiger partial charge in [-0.25, -0.2) is 0 Å². The minimum atomic E-state index is -0.0234. The maximum Gasteiger partial charge on any atom is 0.238 e. The topological polar surface area (TPSA) is 73.5 Å². The molecule has 3 N–H and O–H groups in total. The van der Waals surface area contributed by atoms with E-state index < -0.39 is 0 Å². The molecule has 1 heterocycles. The lowest BCUT2D eigenvalue weighted by Crippen LogP contribution is -2.48. The molecule has 2 amide bonds. The highest BCUT2D eigenvalue weighted by atomic mass is 35.5. The van der Waals surface area contributed by atoms with Crippen LogP contribution >= 0.6 is 24.8 Å². The fourth-order valence-electron chi connectivity index (χ4n) is 2.90. The summed E-state index contributed by atoms with van der Waals surface area (Å²) < 4.78 is 0. The summed E-state index contributed by atoms with van der Waals surface area (Å²) in [5.74, 6) is 0.0839. The lowest BCUT2D eigenvalue weighted by atomic mass is 10.0. The third-order valence-corrected chi connectivity index (χ3v) is 4.32. The second-order valence-corrected chi connectivity index (χ2v) is 6.43. The van der Waals surface area contributed by atoms with Crippen molar-refractivity contribution >= 4 is 42.3 Å². The van der Waals surface area contributed by atoms with E-state index in [1.165, 1.54) is 0 Å². The van der Waals surface area contributed by atoms with E-state index >= 15 is 0 Å². The number of nitrogens with zero attached hydrogens (tertiary/aromatic N) is 1. The molecule has 0 aromatic heterocycles. The number of hydrogen-bond donors (Lipinski definition) is 3. The Bertz CT molecular complexity index is 537. The van der Waals surface area contributed by atoms with Crippen molar-refractivity contribution in [1.29, 1.82) is 0 Å². The Kier molecular flexibility index (Phi) is 12.3. The summed E-state index contributed by atoms with van der Waals surface area (Å²) in [6.07, 6.45) is 1.77. The number of piperidine rings is 1. The zero-order valence-electron chi connectivity index (χ0n) is 15.4. The van der Waals surface area contributed by atoms with Crippen LogP contribution in [0.5, 0.6) is 0 Å². The van der Waals surface area contributed by atoms with Gasteiger partial charge in [-0.2, -0.15) is 0 Å². The van der Waals surface area contributed by atoms with Gasteiger partial charge in [-0.15, -0.1) is 24.8 Å². The number of amides is 2. The number of carbonyl (C=O) groups excluding carboxylic acids is 2. The van der Waals surface area contributed by atoms with Gasteiger partial charge in [-0.1, -0.05) is 25.1 Å². The Labute approximate surface area is 168 Å². The van der Waals surface area contributed by atoms with Crippen molar-refractivity contribution in [3.05, 3.63) is 30.3 Å². The zero-order chi connectivity index (χ0) is 17.4. The first-order chi connectivity index (χ1) is 11.6. The van der Waals surface area contributed by atoms with Crippen molar-refractivity contribution in [1.82, 2.24) is 15.5 Å². The highest BCUT2D eigenvalue weighted by Crippen LogP contribution is 2.12. The Morgan fingerprint density at radius 2 is 1.77 bits per heavy atom. The summed E-state index contributed by atoms with van der Waals surface area (Å²) in [6, 6.07) is 9.70. The largest absolute Gasteiger partial charge is 0.353 e. The van der Waals surface area contributed by atoms with E-state index in [0.717, 1.165) is 31.6 Å². The van der Waals surface area contributed by atoms with E-state index in [0.29, 0.717) is 13.1 Å². The van der Waals surface area contributed by atoms with Crippen LogP contribution in [0.4, 0.5) is 5.69 Å². The lowest BCUT2D eigenvalue weighted by Gasteiger charge is -2.32. The van der Waals surface area contributed by atoms with E-state index in [1.807, 2.05) is 44.3 Å². The molecule has 1 atom stereocenters. The summed E-state index contributed by atoms with van der Waals surface area (Å²) in [5.41, 5.74) is 0.822. The van der Waals surface area contributed by atoms with Crippen LogP contribution in [0.1, 0.15) is 19.8 Å². The van der Waals surface area contributed by atoms with Crippen LogP contribution in [0, 0.1) is 5.92 Å². The lowest BCUT2D eigenvalue weighted by molar-refractivity contribution is -0.125. The average molecular weight is 405 g/mol.